The Balaban J connectivity index is 3.34. The smallest absolute Gasteiger partial charge is 0.252 e. The summed E-state index contributed by atoms with van der Waals surface area (Å²) in [6.45, 7) is 7.70. The maximum absolute atomic E-state index is 11.0. The van der Waals surface area contributed by atoms with Crippen LogP contribution in [-0.4, -0.2) is 5.24 Å². The minimum Gasteiger partial charge on any atom is -0.276 e. The van der Waals surface area contributed by atoms with Crippen LogP contribution in [0.15, 0.2) is 29.8 Å². The Bertz CT molecular complexity index is 512. The predicted octanol–water partition coefficient (Wildman–Crippen LogP) is 1.90. The minimum absolute atomic E-state index is 0.447. The van der Waals surface area contributed by atoms with Crippen LogP contribution in [0.4, 0.5) is 0 Å². The lowest BCUT2D eigenvalue weighted by molar-refractivity contribution is -0.108. The van der Waals surface area contributed by atoms with Crippen LogP contribution in [0.3, 0.4) is 0 Å². The lowest BCUT2D eigenvalue weighted by Crippen LogP contribution is -2.23. The van der Waals surface area contributed by atoms with E-state index in [1.807, 2.05) is 25.1 Å². The molecular formula is C13H13ClO. The third-order valence-corrected chi connectivity index (χ3v) is 2.37. The number of halogens is 1. The molecule has 0 saturated heterocycles. The second-order valence-electron chi connectivity index (χ2n) is 3.36. The number of hydrogen-bond acceptors (Lipinski definition) is 1. The fraction of sp³-hybridized carbons (Fsp3) is 0.154. The molecule has 0 amide bonds. The van der Waals surface area contributed by atoms with Gasteiger partial charge < -0.3 is 0 Å². The Morgan fingerprint density at radius 3 is 2.60 bits per heavy atom. The van der Waals surface area contributed by atoms with Crippen molar-refractivity contribution in [1.29, 1.82) is 0 Å². The van der Waals surface area contributed by atoms with Crippen LogP contribution in [0.25, 0.3) is 12.7 Å². The molecule has 0 radical (unpaired) electrons. The fourth-order valence-corrected chi connectivity index (χ4v) is 1.46. The van der Waals surface area contributed by atoms with Crippen LogP contribution in [0, 0.1) is 6.92 Å². The zero-order chi connectivity index (χ0) is 11.4. The highest BCUT2D eigenvalue weighted by atomic mass is 35.5. The van der Waals surface area contributed by atoms with Crippen molar-refractivity contribution in [3.63, 3.8) is 0 Å². The zero-order valence-electron chi connectivity index (χ0n) is 8.88. The summed E-state index contributed by atoms with van der Waals surface area (Å²) in [5.74, 6) is 0. The summed E-state index contributed by atoms with van der Waals surface area (Å²) in [6, 6.07) is 5.88. The standard InChI is InChI=1S/C13H13ClO/c1-4-11(13(14)15)8-12-6-5-9(2)7-10(12)3/h4-8H,3H2,1-2H3. The minimum atomic E-state index is -0.447. The molecule has 0 spiro atoms. The van der Waals surface area contributed by atoms with Crippen molar-refractivity contribution in [2.45, 2.75) is 13.8 Å². The average molecular weight is 221 g/mol. The van der Waals surface area contributed by atoms with Crippen molar-refractivity contribution >= 4 is 29.5 Å². The molecule has 0 heterocycles. The first kappa shape index (κ1) is 11.7. The SMILES string of the molecule is C=c1cc(C)ccc1=CC(=CC)C(=O)Cl. The number of carbonyl (C=O) groups is 1. The van der Waals surface area contributed by atoms with Crippen molar-refractivity contribution < 1.29 is 4.79 Å². The quantitative estimate of drug-likeness (QED) is 0.550. The van der Waals surface area contributed by atoms with Crippen molar-refractivity contribution in [1.82, 2.24) is 0 Å². The third kappa shape index (κ3) is 3.07. The number of allylic oxidation sites excluding steroid dienone is 2. The van der Waals surface area contributed by atoms with Crippen LogP contribution < -0.4 is 10.4 Å². The van der Waals surface area contributed by atoms with Gasteiger partial charge in [0.2, 0.25) is 0 Å². The van der Waals surface area contributed by atoms with Gasteiger partial charge in [-0.15, -0.1) is 0 Å². The summed E-state index contributed by atoms with van der Waals surface area (Å²) in [7, 11) is 0. The summed E-state index contributed by atoms with van der Waals surface area (Å²) in [6.07, 6.45) is 3.44. The van der Waals surface area contributed by atoms with Gasteiger partial charge in [-0.05, 0) is 42.0 Å². The van der Waals surface area contributed by atoms with Gasteiger partial charge in [-0.2, -0.15) is 0 Å². The van der Waals surface area contributed by atoms with E-state index in [1.54, 1.807) is 19.1 Å². The monoisotopic (exact) mass is 220 g/mol. The van der Waals surface area contributed by atoms with Gasteiger partial charge in [-0.3, -0.25) is 4.79 Å². The Hall–Kier alpha value is -1.34. The van der Waals surface area contributed by atoms with Crippen LogP contribution in [0.2, 0.25) is 0 Å². The van der Waals surface area contributed by atoms with E-state index in [2.05, 4.69) is 6.58 Å². The highest BCUT2D eigenvalue weighted by Gasteiger charge is 1.99. The molecule has 2 heteroatoms. The normalized spacial score (nSPS) is 13.0. The topological polar surface area (TPSA) is 17.1 Å². The van der Waals surface area contributed by atoms with Gasteiger partial charge in [0.05, 0.1) is 0 Å². The fourth-order valence-electron chi connectivity index (χ4n) is 1.30. The zero-order valence-corrected chi connectivity index (χ0v) is 9.64. The van der Waals surface area contributed by atoms with E-state index in [-0.39, 0.29) is 0 Å². The molecule has 15 heavy (non-hydrogen) atoms. The van der Waals surface area contributed by atoms with Gasteiger partial charge >= 0.3 is 0 Å². The van der Waals surface area contributed by atoms with Crippen LogP contribution in [0.1, 0.15) is 12.5 Å². The molecule has 0 bridgehead atoms. The summed E-state index contributed by atoms with van der Waals surface area (Å²) in [5, 5.41) is 1.37. The van der Waals surface area contributed by atoms with E-state index in [9.17, 15) is 4.79 Å². The first-order chi connectivity index (χ1) is 7.04. The van der Waals surface area contributed by atoms with E-state index in [4.69, 9.17) is 11.6 Å². The van der Waals surface area contributed by atoms with Crippen LogP contribution in [-0.2, 0) is 4.79 Å². The van der Waals surface area contributed by atoms with Gasteiger partial charge in [0.25, 0.3) is 5.24 Å². The van der Waals surface area contributed by atoms with Gasteiger partial charge in [-0.1, -0.05) is 36.4 Å². The van der Waals surface area contributed by atoms with E-state index < -0.39 is 5.24 Å². The van der Waals surface area contributed by atoms with E-state index in [0.717, 1.165) is 16.0 Å². The lowest BCUT2D eigenvalue weighted by Gasteiger charge is -1.95. The van der Waals surface area contributed by atoms with Crippen molar-refractivity contribution in [2.24, 2.45) is 0 Å². The summed E-state index contributed by atoms with van der Waals surface area (Å²) in [5.41, 5.74) is 1.64. The highest BCUT2D eigenvalue weighted by Crippen LogP contribution is 2.01. The first-order valence-electron chi connectivity index (χ1n) is 4.68. The largest absolute Gasteiger partial charge is 0.276 e. The molecule has 1 aromatic carbocycles. The highest BCUT2D eigenvalue weighted by molar-refractivity contribution is 6.68. The van der Waals surface area contributed by atoms with Crippen molar-refractivity contribution in [3.05, 3.63) is 45.8 Å². The predicted molar refractivity (Wildman–Crippen MR) is 65.0 cm³/mol. The number of carbonyl (C=O) groups excluding carboxylic acids is 1. The Labute approximate surface area is 94.4 Å². The number of hydrogen-bond donors (Lipinski definition) is 0. The summed E-state index contributed by atoms with van der Waals surface area (Å²) in [4.78, 5) is 11.0. The number of rotatable bonds is 2. The Morgan fingerprint density at radius 2 is 2.13 bits per heavy atom. The molecule has 0 aliphatic rings. The van der Waals surface area contributed by atoms with Crippen molar-refractivity contribution in [2.75, 3.05) is 0 Å². The molecule has 0 aliphatic heterocycles. The molecule has 0 aromatic heterocycles. The Kier molecular flexibility index (Phi) is 3.87. The molecule has 0 N–H and O–H groups in total. The molecule has 0 unspecified atom stereocenters. The molecule has 0 saturated carbocycles. The number of aryl methyl sites for hydroxylation is 1. The average Bonchev–Trinajstić information content (AvgIpc) is 2.16. The van der Waals surface area contributed by atoms with Crippen LogP contribution >= 0.6 is 11.6 Å². The second kappa shape index (κ2) is 4.94. The molecule has 0 aliphatic carbocycles. The third-order valence-electron chi connectivity index (χ3n) is 2.15. The van der Waals surface area contributed by atoms with Gasteiger partial charge in [0, 0.05) is 5.57 Å². The summed E-state index contributed by atoms with van der Waals surface area (Å²) < 4.78 is 0. The molecule has 1 rings (SSSR count). The lowest BCUT2D eigenvalue weighted by atomic mass is 10.1. The van der Waals surface area contributed by atoms with E-state index >= 15 is 0 Å². The molecular weight excluding hydrogens is 208 g/mol. The Morgan fingerprint density at radius 1 is 1.47 bits per heavy atom. The molecule has 0 fully saturated rings. The first-order valence-corrected chi connectivity index (χ1v) is 5.06. The molecule has 1 aromatic rings. The van der Waals surface area contributed by atoms with Crippen molar-refractivity contribution in [3.8, 4) is 0 Å². The van der Waals surface area contributed by atoms with Crippen LogP contribution in [0.5, 0.6) is 0 Å². The molecule has 78 valence electrons. The molecule has 1 nitrogen and oxygen atoms in total. The van der Waals surface area contributed by atoms with Gasteiger partial charge in [0.15, 0.2) is 0 Å². The summed E-state index contributed by atoms with van der Waals surface area (Å²) >= 11 is 5.42. The van der Waals surface area contributed by atoms with E-state index in [1.165, 1.54) is 0 Å². The maximum Gasteiger partial charge on any atom is 0.252 e. The van der Waals surface area contributed by atoms with Gasteiger partial charge in [0.1, 0.15) is 0 Å². The number of benzene rings is 1. The maximum atomic E-state index is 11.0. The molecule has 0 atom stereocenters. The second-order valence-corrected chi connectivity index (χ2v) is 3.71. The van der Waals surface area contributed by atoms with E-state index in [0.29, 0.717) is 5.57 Å². The van der Waals surface area contributed by atoms with Gasteiger partial charge in [-0.25, -0.2) is 0 Å².